The van der Waals surface area contributed by atoms with Gasteiger partial charge in [-0.2, -0.15) is 0 Å². The van der Waals surface area contributed by atoms with E-state index in [2.05, 4.69) is 9.97 Å². The Labute approximate surface area is 217 Å². The first kappa shape index (κ1) is 24.2. The predicted molar refractivity (Wildman–Crippen MR) is 141 cm³/mol. The van der Waals surface area contributed by atoms with Crippen LogP contribution in [0, 0.1) is 0 Å². The molecule has 8 nitrogen and oxygen atoms in total. The third-order valence-corrected chi connectivity index (χ3v) is 7.39. The van der Waals surface area contributed by atoms with Crippen molar-refractivity contribution in [3.63, 3.8) is 0 Å². The van der Waals surface area contributed by atoms with Gasteiger partial charge in [0.1, 0.15) is 0 Å². The summed E-state index contributed by atoms with van der Waals surface area (Å²) >= 11 is 12.4. The SMILES string of the molecule is CCOc1ncccc1-c1cccc2c1[nH]c(=O)n2C1CCN(C(N)=O)C(c2ccc(Cl)c(Cl)c2)C1. The summed E-state index contributed by atoms with van der Waals surface area (Å²) < 4.78 is 7.51. The van der Waals surface area contributed by atoms with Gasteiger partial charge in [0.05, 0.1) is 33.7 Å². The Bertz CT molecular complexity index is 1500. The lowest BCUT2D eigenvalue weighted by Crippen LogP contribution is -2.45. The number of pyridine rings is 1. The number of hydrogen-bond donors (Lipinski definition) is 2. The number of carbonyl (C=O) groups is 1. The number of halogens is 2. The zero-order valence-electron chi connectivity index (χ0n) is 19.6. The first-order valence-corrected chi connectivity index (χ1v) is 12.5. The molecule has 5 rings (SSSR count). The largest absolute Gasteiger partial charge is 0.478 e. The van der Waals surface area contributed by atoms with Gasteiger partial charge in [-0.3, -0.25) is 4.57 Å². The fourth-order valence-electron chi connectivity index (χ4n) is 5.06. The van der Waals surface area contributed by atoms with Crippen molar-refractivity contribution in [1.82, 2.24) is 19.4 Å². The molecule has 1 fully saturated rings. The van der Waals surface area contributed by atoms with E-state index in [1.165, 1.54) is 0 Å². The molecule has 2 unspecified atom stereocenters. The number of piperidine rings is 1. The van der Waals surface area contributed by atoms with Crippen LogP contribution in [0.2, 0.25) is 10.0 Å². The van der Waals surface area contributed by atoms with Gasteiger partial charge in [-0.25, -0.2) is 14.6 Å². The van der Waals surface area contributed by atoms with Gasteiger partial charge in [0.2, 0.25) is 5.88 Å². The van der Waals surface area contributed by atoms with Crippen LogP contribution in [0.3, 0.4) is 0 Å². The number of benzene rings is 2. The maximum absolute atomic E-state index is 13.3. The van der Waals surface area contributed by atoms with Crippen LogP contribution >= 0.6 is 23.2 Å². The first-order valence-electron chi connectivity index (χ1n) is 11.7. The van der Waals surface area contributed by atoms with Crippen LogP contribution in [0.5, 0.6) is 5.88 Å². The van der Waals surface area contributed by atoms with E-state index in [4.69, 9.17) is 33.7 Å². The lowest BCUT2D eigenvalue weighted by atomic mass is 9.91. The summed E-state index contributed by atoms with van der Waals surface area (Å²) in [4.78, 5) is 34.6. The minimum absolute atomic E-state index is 0.170. The summed E-state index contributed by atoms with van der Waals surface area (Å²) in [5.41, 5.74) is 9.42. The number of fused-ring (bicyclic) bond motifs is 1. The quantitative estimate of drug-likeness (QED) is 0.356. The van der Waals surface area contributed by atoms with Gasteiger partial charge < -0.3 is 20.4 Å². The molecule has 2 atom stereocenters. The van der Waals surface area contributed by atoms with Crippen LogP contribution < -0.4 is 16.2 Å². The second-order valence-electron chi connectivity index (χ2n) is 8.69. The molecule has 2 aromatic heterocycles. The summed E-state index contributed by atoms with van der Waals surface area (Å²) in [6, 6.07) is 13.8. The molecule has 0 bridgehead atoms. The van der Waals surface area contributed by atoms with Crippen LogP contribution in [-0.4, -0.2) is 38.6 Å². The fraction of sp³-hybridized carbons (Fsp3) is 0.269. The van der Waals surface area contributed by atoms with E-state index >= 15 is 0 Å². The van der Waals surface area contributed by atoms with Gasteiger partial charge >= 0.3 is 11.7 Å². The Hall–Kier alpha value is -3.49. The second-order valence-corrected chi connectivity index (χ2v) is 9.50. The molecule has 2 amide bonds. The highest BCUT2D eigenvalue weighted by Gasteiger charge is 2.34. The fourth-order valence-corrected chi connectivity index (χ4v) is 5.37. The van der Waals surface area contributed by atoms with Crippen molar-refractivity contribution in [2.75, 3.05) is 13.2 Å². The number of para-hydroxylation sites is 1. The molecule has 3 heterocycles. The molecule has 2 aromatic carbocycles. The number of nitrogens with one attached hydrogen (secondary N) is 1. The Morgan fingerprint density at radius 1 is 1.17 bits per heavy atom. The van der Waals surface area contributed by atoms with Crippen LogP contribution in [0.25, 0.3) is 22.2 Å². The van der Waals surface area contributed by atoms with E-state index in [1.54, 1.807) is 27.8 Å². The topological polar surface area (TPSA) is 106 Å². The van der Waals surface area contributed by atoms with Gasteiger partial charge in [-0.1, -0.05) is 41.4 Å². The number of aromatic amines is 1. The van der Waals surface area contributed by atoms with Crippen molar-refractivity contribution in [3.8, 4) is 17.0 Å². The summed E-state index contributed by atoms with van der Waals surface area (Å²) in [7, 11) is 0. The maximum atomic E-state index is 13.3. The first-order chi connectivity index (χ1) is 17.4. The molecule has 1 aliphatic rings. The third kappa shape index (κ3) is 4.31. The van der Waals surface area contributed by atoms with E-state index < -0.39 is 6.03 Å². The smallest absolute Gasteiger partial charge is 0.326 e. The highest BCUT2D eigenvalue weighted by atomic mass is 35.5. The van der Waals surface area contributed by atoms with Crippen molar-refractivity contribution in [3.05, 3.63) is 80.8 Å². The number of amides is 2. The molecule has 4 aromatic rings. The number of H-pyrrole nitrogens is 1. The lowest BCUT2D eigenvalue weighted by molar-refractivity contribution is 0.136. The minimum Gasteiger partial charge on any atom is -0.478 e. The highest BCUT2D eigenvalue weighted by Crippen LogP contribution is 2.40. The Balaban J connectivity index is 1.58. The van der Waals surface area contributed by atoms with Crippen molar-refractivity contribution in [1.29, 1.82) is 0 Å². The third-order valence-electron chi connectivity index (χ3n) is 6.65. The van der Waals surface area contributed by atoms with Gasteiger partial charge in [0, 0.05) is 29.9 Å². The van der Waals surface area contributed by atoms with Crippen molar-refractivity contribution in [2.24, 2.45) is 5.73 Å². The molecular formula is C26H25Cl2N5O3. The Morgan fingerprint density at radius 2 is 1.97 bits per heavy atom. The van der Waals surface area contributed by atoms with Gasteiger partial charge in [-0.05, 0) is 55.7 Å². The van der Waals surface area contributed by atoms with Crippen LogP contribution in [-0.2, 0) is 0 Å². The van der Waals surface area contributed by atoms with Gasteiger partial charge in [0.15, 0.2) is 0 Å². The zero-order chi connectivity index (χ0) is 25.4. The van der Waals surface area contributed by atoms with Gasteiger partial charge in [-0.15, -0.1) is 0 Å². The number of carbonyl (C=O) groups excluding carboxylic acids is 1. The molecule has 186 valence electrons. The number of hydrogen-bond acceptors (Lipinski definition) is 4. The number of primary amides is 1. The average Bonchev–Trinajstić information content (AvgIpc) is 3.21. The molecule has 0 aliphatic carbocycles. The molecular weight excluding hydrogens is 501 g/mol. The number of urea groups is 1. The number of aromatic nitrogens is 3. The number of ether oxygens (including phenoxy) is 1. The number of nitrogens with two attached hydrogens (primary N) is 1. The number of imidazole rings is 1. The van der Waals surface area contributed by atoms with E-state index in [-0.39, 0.29) is 17.8 Å². The maximum Gasteiger partial charge on any atom is 0.326 e. The van der Waals surface area contributed by atoms with Crippen LogP contribution in [0.15, 0.2) is 59.5 Å². The summed E-state index contributed by atoms with van der Waals surface area (Å²) in [6.07, 6.45) is 2.75. The number of nitrogens with zero attached hydrogens (tertiary/aromatic N) is 3. The molecule has 36 heavy (non-hydrogen) atoms. The molecule has 0 saturated carbocycles. The normalized spacial score (nSPS) is 17.9. The standard InChI is InChI=1S/C26H25Cl2N5O3/c1-2-36-24-18(6-4-11-30-24)17-5-3-7-21-23(17)31-26(35)33(21)16-10-12-32(25(29)34)22(14-16)15-8-9-19(27)20(28)13-15/h3-9,11,13,16,22H,2,10,12,14H2,1H3,(H2,29,34)(H,31,35). The monoisotopic (exact) mass is 525 g/mol. The summed E-state index contributed by atoms with van der Waals surface area (Å²) in [5, 5.41) is 0.830. The zero-order valence-corrected chi connectivity index (χ0v) is 21.1. The Kier molecular flexibility index (Phi) is 6.64. The van der Waals surface area contributed by atoms with Crippen LogP contribution in [0.4, 0.5) is 4.79 Å². The summed E-state index contributed by atoms with van der Waals surface area (Å²) in [5.74, 6) is 0.510. The molecule has 10 heteroatoms. The van der Waals surface area contributed by atoms with Gasteiger partial charge in [0.25, 0.3) is 0 Å². The predicted octanol–water partition coefficient (Wildman–Crippen LogP) is 5.55. The van der Waals surface area contributed by atoms with E-state index in [1.807, 2.05) is 43.3 Å². The second kappa shape index (κ2) is 9.87. The van der Waals surface area contributed by atoms with E-state index in [0.717, 1.165) is 22.2 Å². The molecule has 1 aliphatic heterocycles. The average molecular weight is 526 g/mol. The lowest BCUT2D eigenvalue weighted by Gasteiger charge is -2.39. The van der Waals surface area contributed by atoms with Crippen molar-refractivity contribution < 1.29 is 9.53 Å². The Morgan fingerprint density at radius 3 is 2.72 bits per heavy atom. The van der Waals surface area contributed by atoms with Crippen LogP contribution in [0.1, 0.15) is 37.4 Å². The molecule has 1 saturated heterocycles. The molecule has 0 spiro atoms. The number of likely N-dealkylation sites (tertiary alicyclic amines) is 1. The van der Waals surface area contributed by atoms with Crippen molar-refractivity contribution >= 4 is 40.3 Å². The molecule has 3 N–H and O–H groups in total. The van der Waals surface area contributed by atoms with E-state index in [0.29, 0.717) is 47.4 Å². The number of rotatable bonds is 5. The van der Waals surface area contributed by atoms with Crippen molar-refractivity contribution in [2.45, 2.75) is 31.8 Å². The molecule has 0 radical (unpaired) electrons. The minimum atomic E-state index is -0.516. The highest BCUT2D eigenvalue weighted by molar-refractivity contribution is 6.42. The van der Waals surface area contributed by atoms with E-state index in [9.17, 15) is 9.59 Å². The summed E-state index contributed by atoms with van der Waals surface area (Å²) in [6.45, 7) is 2.78.